The number of aromatic nitrogens is 2. The first kappa shape index (κ1) is 13.7. The van der Waals surface area contributed by atoms with Crippen molar-refractivity contribution in [3.05, 3.63) is 41.5 Å². The summed E-state index contributed by atoms with van der Waals surface area (Å²) in [5.74, 6) is 0.891. The normalized spacial score (nSPS) is 9.90. The molecule has 0 atom stereocenters. The summed E-state index contributed by atoms with van der Waals surface area (Å²) in [6, 6.07) is 5.97. The average molecular weight is 271 g/mol. The molecule has 0 aliphatic rings. The summed E-state index contributed by atoms with van der Waals surface area (Å²) in [7, 11) is 1.78. The Morgan fingerprint density at radius 2 is 2.05 bits per heavy atom. The lowest BCUT2D eigenvalue weighted by Crippen LogP contribution is -2.05. The quantitative estimate of drug-likeness (QED) is 0.894. The maximum Gasteiger partial charge on any atom is 0.139 e. The lowest BCUT2D eigenvalue weighted by Gasteiger charge is -2.13. The van der Waals surface area contributed by atoms with E-state index in [0.29, 0.717) is 11.5 Å². The van der Waals surface area contributed by atoms with Crippen molar-refractivity contribution in [3.8, 4) is 6.07 Å². The summed E-state index contributed by atoms with van der Waals surface area (Å²) in [5, 5.41) is 15.1. The molecular formula is C14H14FN5. The highest BCUT2D eigenvalue weighted by molar-refractivity contribution is 5.69. The molecular weight excluding hydrogens is 257 g/mol. The number of halogens is 1. The molecule has 0 saturated carbocycles. The molecule has 0 aliphatic heterocycles. The molecule has 102 valence electrons. The van der Waals surface area contributed by atoms with Crippen LogP contribution in [0.5, 0.6) is 0 Å². The lowest BCUT2D eigenvalue weighted by molar-refractivity contribution is 0.627. The van der Waals surface area contributed by atoms with Crippen LogP contribution in [0.2, 0.25) is 0 Å². The number of rotatable bonds is 4. The minimum atomic E-state index is -0.443. The zero-order valence-electron chi connectivity index (χ0n) is 11.2. The van der Waals surface area contributed by atoms with Crippen molar-refractivity contribution in [3.63, 3.8) is 0 Å². The largest absolute Gasteiger partial charge is 0.373 e. The molecule has 0 amide bonds. The van der Waals surface area contributed by atoms with Gasteiger partial charge < -0.3 is 10.6 Å². The molecule has 1 aromatic carbocycles. The predicted octanol–water partition coefficient (Wildman–Crippen LogP) is 2.84. The van der Waals surface area contributed by atoms with E-state index in [2.05, 4.69) is 20.6 Å². The standard InChI is InChI=1S/C14H14FN5/c1-3-11-13(17-2)18-8-19-14(11)20-12-5-4-10(15)6-9(12)7-16/h4-6,8H,3H2,1-2H3,(H2,17,18,19,20). The molecule has 0 unspecified atom stereocenters. The van der Waals surface area contributed by atoms with E-state index in [4.69, 9.17) is 5.26 Å². The number of nitrogens with zero attached hydrogens (tertiary/aromatic N) is 3. The molecule has 2 aromatic rings. The Labute approximate surface area is 116 Å². The zero-order chi connectivity index (χ0) is 14.5. The molecule has 0 spiro atoms. The van der Waals surface area contributed by atoms with Crippen LogP contribution >= 0.6 is 0 Å². The Hall–Kier alpha value is -2.68. The topological polar surface area (TPSA) is 73.6 Å². The van der Waals surface area contributed by atoms with Gasteiger partial charge in [-0.15, -0.1) is 0 Å². The molecule has 1 aromatic heterocycles. The zero-order valence-corrected chi connectivity index (χ0v) is 11.2. The summed E-state index contributed by atoms with van der Waals surface area (Å²) >= 11 is 0. The van der Waals surface area contributed by atoms with Gasteiger partial charge in [-0.1, -0.05) is 6.92 Å². The van der Waals surface area contributed by atoms with Crippen LogP contribution in [0.25, 0.3) is 0 Å². The van der Waals surface area contributed by atoms with Gasteiger partial charge >= 0.3 is 0 Å². The van der Waals surface area contributed by atoms with Crippen molar-refractivity contribution in [2.45, 2.75) is 13.3 Å². The third-order valence-corrected chi connectivity index (χ3v) is 2.89. The Balaban J connectivity index is 2.43. The van der Waals surface area contributed by atoms with Crippen molar-refractivity contribution >= 4 is 17.3 Å². The molecule has 0 bridgehead atoms. The average Bonchev–Trinajstić information content (AvgIpc) is 2.48. The van der Waals surface area contributed by atoms with E-state index in [-0.39, 0.29) is 5.56 Å². The second kappa shape index (κ2) is 5.97. The number of anilines is 3. The molecule has 1 heterocycles. The number of benzene rings is 1. The van der Waals surface area contributed by atoms with Gasteiger partial charge in [-0.25, -0.2) is 14.4 Å². The Morgan fingerprint density at radius 1 is 1.30 bits per heavy atom. The molecule has 0 radical (unpaired) electrons. The van der Waals surface area contributed by atoms with Gasteiger partial charge in [-0.3, -0.25) is 0 Å². The van der Waals surface area contributed by atoms with Crippen LogP contribution in [0.1, 0.15) is 18.1 Å². The highest BCUT2D eigenvalue weighted by Crippen LogP contribution is 2.25. The summed E-state index contributed by atoms with van der Waals surface area (Å²) in [5.41, 5.74) is 1.66. The number of nitriles is 1. The first-order chi connectivity index (χ1) is 9.69. The first-order valence-corrected chi connectivity index (χ1v) is 6.17. The molecule has 5 nitrogen and oxygen atoms in total. The van der Waals surface area contributed by atoms with Crippen molar-refractivity contribution in [2.75, 3.05) is 17.7 Å². The molecule has 6 heteroatoms. The van der Waals surface area contributed by atoms with Gasteiger partial charge in [-0.05, 0) is 24.6 Å². The highest BCUT2D eigenvalue weighted by Gasteiger charge is 2.11. The van der Waals surface area contributed by atoms with Gasteiger partial charge in [0.1, 0.15) is 29.8 Å². The third-order valence-electron chi connectivity index (χ3n) is 2.89. The van der Waals surface area contributed by atoms with Gasteiger partial charge in [0.2, 0.25) is 0 Å². The highest BCUT2D eigenvalue weighted by atomic mass is 19.1. The van der Waals surface area contributed by atoms with Gasteiger partial charge in [0.05, 0.1) is 11.3 Å². The smallest absolute Gasteiger partial charge is 0.139 e. The summed E-state index contributed by atoms with van der Waals surface area (Å²) in [6.07, 6.45) is 2.16. The van der Waals surface area contributed by atoms with Crippen molar-refractivity contribution < 1.29 is 4.39 Å². The second-order valence-electron chi connectivity index (χ2n) is 4.08. The summed E-state index contributed by atoms with van der Waals surface area (Å²) < 4.78 is 13.1. The fraction of sp³-hybridized carbons (Fsp3) is 0.214. The molecule has 20 heavy (non-hydrogen) atoms. The summed E-state index contributed by atoms with van der Waals surface area (Å²) in [6.45, 7) is 1.99. The van der Waals surface area contributed by atoms with E-state index in [9.17, 15) is 4.39 Å². The van der Waals surface area contributed by atoms with Crippen LogP contribution in [0.15, 0.2) is 24.5 Å². The van der Waals surface area contributed by atoms with Crippen LogP contribution < -0.4 is 10.6 Å². The van der Waals surface area contributed by atoms with Crippen molar-refractivity contribution in [2.24, 2.45) is 0 Å². The van der Waals surface area contributed by atoms with Crippen LogP contribution in [-0.2, 0) is 6.42 Å². The van der Waals surface area contributed by atoms with Crippen LogP contribution in [-0.4, -0.2) is 17.0 Å². The lowest BCUT2D eigenvalue weighted by atomic mass is 10.1. The fourth-order valence-corrected chi connectivity index (χ4v) is 1.92. The molecule has 0 saturated heterocycles. The van der Waals surface area contributed by atoms with Gasteiger partial charge in [0, 0.05) is 12.6 Å². The number of hydrogen-bond acceptors (Lipinski definition) is 5. The van der Waals surface area contributed by atoms with E-state index in [1.54, 1.807) is 7.05 Å². The number of nitrogens with one attached hydrogen (secondary N) is 2. The first-order valence-electron chi connectivity index (χ1n) is 6.17. The van der Waals surface area contributed by atoms with E-state index in [0.717, 1.165) is 17.8 Å². The maximum absolute atomic E-state index is 13.1. The minimum Gasteiger partial charge on any atom is -0.373 e. The van der Waals surface area contributed by atoms with Crippen molar-refractivity contribution in [1.82, 2.24) is 9.97 Å². The Morgan fingerprint density at radius 3 is 2.70 bits per heavy atom. The molecule has 2 rings (SSSR count). The van der Waals surface area contributed by atoms with E-state index in [1.807, 2.05) is 13.0 Å². The second-order valence-corrected chi connectivity index (χ2v) is 4.08. The predicted molar refractivity (Wildman–Crippen MR) is 75.4 cm³/mol. The molecule has 0 fully saturated rings. The van der Waals surface area contributed by atoms with Gasteiger partial charge in [0.25, 0.3) is 0 Å². The van der Waals surface area contributed by atoms with E-state index < -0.39 is 5.82 Å². The van der Waals surface area contributed by atoms with Gasteiger partial charge in [-0.2, -0.15) is 5.26 Å². The maximum atomic E-state index is 13.1. The third kappa shape index (κ3) is 2.67. The fourth-order valence-electron chi connectivity index (χ4n) is 1.92. The van der Waals surface area contributed by atoms with Crippen LogP contribution in [0.3, 0.4) is 0 Å². The Kier molecular flexibility index (Phi) is 4.11. The SMILES string of the molecule is CCc1c(NC)ncnc1Nc1ccc(F)cc1C#N. The van der Waals surface area contributed by atoms with Crippen molar-refractivity contribution in [1.29, 1.82) is 5.26 Å². The number of hydrogen-bond donors (Lipinski definition) is 2. The molecule has 0 aliphatic carbocycles. The Bertz CT molecular complexity index is 663. The van der Waals surface area contributed by atoms with Crippen LogP contribution in [0.4, 0.5) is 21.7 Å². The van der Waals surface area contributed by atoms with Crippen LogP contribution in [0, 0.1) is 17.1 Å². The van der Waals surface area contributed by atoms with Gasteiger partial charge in [0.15, 0.2) is 0 Å². The summed E-state index contributed by atoms with van der Waals surface area (Å²) in [4.78, 5) is 8.33. The molecule has 2 N–H and O–H groups in total. The van der Waals surface area contributed by atoms with E-state index >= 15 is 0 Å². The van der Waals surface area contributed by atoms with E-state index in [1.165, 1.54) is 24.5 Å². The monoisotopic (exact) mass is 271 g/mol. The minimum absolute atomic E-state index is 0.233.